The van der Waals surface area contributed by atoms with Gasteiger partial charge in [-0.15, -0.1) is 0 Å². The number of nitrogens with zero attached hydrogens (tertiary/aromatic N) is 1. The maximum Gasteiger partial charge on any atom is 0.145 e. The fraction of sp³-hybridized carbons (Fsp3) is 0. The van der Waals surface area contributed by atoms with Crippen LogP contribution in [0.1, 0.15) is 0 Å². The van der Waals surface area contributed by atoms with Gasteiger partial charge >= 0.3 is 0 Å². The molecule has 0 radical (unpaired) electrons. The normalized spacial score (nSPS) is 11.6. The Morgan fingerprint density at radius 3 is 1.85 bits per heavy atom. The quantitative estimate of drug-likeness (QED) is 0.179. The van der Waals surface area contributed by atoms with Gasteiger partial charge in [0, 0.05) is 27.9 Å². The molecular formula is C37H23NO. The highest BCUT2D eigenvalue weighted by Crippen LogP contribution is 2.47. The molecule has 0 aliphatic heterocycles. The van der Waals surface area contributed by atoms with Gasteiger partial charge < -0.3 is 4.74 Å². The second-order valence-corrected chi connectivity index (χ2v) is 9.93. The highest BCUT2D eigenvalue weighted by molar-refractivity contribution is 6.23. The molecule has 0 unspecified atom stereocenters. The van der Waals surface area contributed by atoms with Crippen molar-refractivity contribution in [3.63, 3.8) is 0 Å². The predicted octanol–water partition coefficient (Wildman–Crippen LogP) is 10.3. The average Bonchev–Trinajstić information content (AvgIpc) is 3.01. The summed E-state index contributed by atoms with van der Waals surface area (Å²) >= 11 is 0. The molecule has 0 spiro atoms. The van der Waals surface area contributed by atoms with Crippen LogP contribution >= 0.6 is 0 Å². The van der Waals surface area contributed by atoms with Crippen LogP contribution in [0.3, 0.4) is 0 Å². The molecule has 0 aliphatic carbocycles. The zero-order valence-corrected chi connectivity index (χ0v) is 21.1. The van der Waals surface area contributed by atoms with E-state index in [-0.39, 0.29) is 0 Å². The van der Waals surface area contributed by atoms with E-state index in [1.165, 1.54) is 10.8 Å². The van der Waals surface area contributed by atoms with Crippen molar-refractivity contribution >= 4 is 54.0 Å². The molecule has 1 heterocycles. The van der Waals surface area contributed by atoms with Crippen molar-refractivity contribution in [2.45, 2.75) is 0 Å². The van der Waals surface area contributed by atoms with Gasteiger partial charge in [-0.2, -0.15) is 0 Å². The third kappa shape index (κ3) is 3.39. The number of benzene rings is 7. The van der Waals surface area contributed by atoms with Crippen molar-refractivity contribution in [1.82, 2.24) is 4.98 Å². The van der Waals surface area contributed by atoms with Crippen LogP contribution in [-0.2, 0) is 0 Å². The van der Waals surface area contributed by atoms with E-state index in [0.29, 0.717) is 0 Å². The summed E-state index contributed by atoms with van der Waals surface area (Å²) in [6.45, 7) is 0. The Hall–Kier alpha value is -5.21. The lowest BCUT2D eigenvalue weighted by molar-refractivity contribution is 0.500. The van der Waals surface area contributed by atoms with Crippen molar-refractivity contribution in [2.75, 3.05) is 0 Å². The number of rotatable bonds is 3. The zero-order chi connectivity index (χ0) is 25.8. The van der Waals surface area contributed by atoms with Gasteiger partial charge in [-0.05, 0) is 38.6 Å². The summed E-state index contributed by atoms with van der Waals surface area (Å²) < 4.78 is 7.09. The maximum atomic E-state index is 7.09. The molecule has 0 atom stereocenters. The minimum atomic E-state index is 0.838. The van der Waals surface area contributed by atoms with Gasteiger partial charge in [0.1, 0.15) is 11.5 Å². The lowest BCUT2D eigenvalue weighted by Crippen LogP contribution is -1.95. The largest absolute Gasteiger partial charge is 0.455 e. The predicted molar refractivity (Wildman–Crippen MR) is 164 cm³/mol. The Kier molecular flexibility index (Phi) is 4.86. The Balaban J connectivity index is 1.53. The van der Waals surface area contributed by atoms with E-state index in [4.69, 9.17) is 9.72 Å². The van der Waals surface area contributed by atoms with Crippen LogP contribution in [-0.4, -0.2) is 4.98 Å². The van der Waals surface area contributed by atoms with Crippen LogP contribution in [0.15, 0.2) is 140 Å². The number of hydrogen-bond donors (Lipinski definition) is 0. The van der Waals surface area contributed by atoms with Gasteiger partial charge in [0.15, 0.2) is 0 Å². The smallest absolute Gasteiger partial charge is 0.145 e. The molecule has 8 rings (SSSR count). The third-order valence-corrected chi connectivity index (χ3v) is 7.71. The minimum absolute atomic E-state index is 0.838. The second kappa shape index (κ2) is 8.68. The highest BCUT2D eigenvalue weighted by atomic mass is 16.5. The zero-order valence-electron chi connectivity index (χ0n) is 21.1. The molecule has 1 aromatic heterocycles. The molecule has 7 aromatic carbocycles. The number of hydrogen-bond acceptors (Lipinski definition) is 2. The molecule has 0 aliphatic rings. The van der Waals surface area contributed by atoms with Crippen molar-refractivity contribution in [1.29, 1.82) is 0 Å². The molecule has 2 nitrogen and oxygen atoms in total. The van der Waals surface area contributed by atoms with E-state index in [2.05, 4.69) is 133 Å². The molecule has 8 aromatic rings. The standard InChI is InChI=1S/C37H23NO/c1-2-12-24(13-3-1)34-31-20-10-11-21-32(31)37(35-28-17-7-5-15-26(28)23-38-36(34)35)39-33-22-25-14-4-6-16-27(25)29-18-8-9-19-30(29)33/h1-23H. The summed E-state index contributed by atoms with van der Waals surface area (Å²) in [6, 6.07) is 46.7. The SMILES string of the molecule is c1ccc(-c2c3ccccc3c(Oc3cc4ccccc4c4ccccc34)c3c2ncc2ccccc23)cc1. The highest BCUT2D eigenvalue weighted by Gasteiger charge is 2.21. The summed E-state index contributed by atoms with van der Waals surface area (Å²) in [5.41, 5.74) is 3.21. The minimum Gasteiger partial charge on any atom is -0.455 e. The first-order valence-corrected chi connectivity index (χ1v) is 13.2. The van der Waals surface area contributed by atoms with Crippen LogP contribution in [0, 0.1) is 0 Å². The monoisotopic (exact) mass is 497 g/mol. The topological polar surface area (TPSA) is 22.1 Å². The summed E-state index contributed by atoms with van der Waals surface area (Å²) in [4.78, 5) is 5.07. The van der Waals surface area contributed by atoms with Gasteiger partial charge in [-0.3, -0.25) is 4.98 Å². The Labute approximate surface area is 225 Å². The van der Waals surface area contributed by atoms with E-state index >= 15 is 0 Å². The maximum absolute atomic E-state index is 7.09. The lowest BCUT2D eigenvalue weighted by atomic mass is 9.92. The van der Waals surface area contributed by atoms with Crippen LogP contribution in [0.5, 0.6) is 11.5 Å². The van der Waals surface area contributed by atoms with Crippen LogP contribution in [0.4, 0.5) is 0 Å². The molecule has 2 heteroatoms. The number of aromatic nitrogens is 1. The van der Waals surface area contributed by atoms with Gasteiger partial charge in [0.25, 0.3) is 0 Å². The molecule has 0 saturated carbocycles. The van der Waals surface area contributed by atoms with Gasteiger partial charge in [0.05, 0.1) is 10.9 Å². The van der Waals surface area contributed by atoms with Crippen LogP contribution < -0.4 is 4.74 Å². The summed E-state index contributed by atoms with van der Waals surface area (Å²) in [7, 11) is 0. The second-order valence-electron chi connectivity index (χ2n) is 9.93. The molecule has 39 heavy (non-hydrogen) atoms. The average molecular weight is 498 g/mol. The number of ether oxygens (including phenoxy) is 1. The first-order chi connectivity index (χ1) is 19.4. The third-order valence-electron chi connectivity index (χ3n) is 7.71. The summed E-state index contributed by atoms with van der Waals surface area (Å²) in [5, 5.41) is 10.1. The van der Waals surface area contributed by atoms with Gasteiger partial charge in [-0.25, -0.2) is 0 Å². The first-order valence-electron chi connectivity index (χ1n) is 13.2. The van der Waals surface area contributed by atoms with E-state index in [1.807, 2.05) is 6.20 Å². The van der Waals surface area contributed by atoms with Gasteiger partial charge in [-0.1, -0.05) is 127 Å². The van der Waals surface area contributed by atoms with E-state index in [0.717, 1.165) is 65.8 Å². The molecule has 0 amide bonds. The fourth-order valence-corrected chi connectivity index (χ4v) is 5.96. The number of pyridine rings is 1. The van der Waals surface area contributed by atoms with E-state index in [1.54, 1.807) is 0 Å². The van der Waals surface area contributed by atoms with Crippen molar-refractivity contribution in [2.24, 2.45) is 0 Å². The molecular weight excluding hydrogens is 474 g/mol. The summed E-state index contributed by atoms with van der Waals surface area (Å²) in [5.74, 6) is 1.68. The molecule has 0 bridgehead atoms. The van der Waals surface area contributed by atoms with Crippen molar-refractivity contribution < 1.29 is 4.74 Å². The molecule has 0 saturated heterocycles. The Bertz CT molecular complexity index is 2200. The lowest BCUT2D eigenvalue weighted by Gasteiger charge is -2.19. The summed E-state index contributed by atoms with van der Waals surface area (Å²) in [6.07, 6.45) is 1.98. The van der Waals surface area contributed by atoms with Crippen molar-refractivity contribution in [3.8, 4) is 22.6 Å². The van der Waals surface area contributed by atoms with E-state index < -0.39 is 0 Å². The number of fused-ring (bicyclic) bond motifs is 7. The first kappa shape index (κ1) is 21.8. The Morgan fingerprint density at radius 2 is 1.05 bits per heavy atom. The van der Waals surface area contributed by atoms with Gasteiger partial charge in [0.2, 0.25) is 0 Å². The van der Waals surface area contributed by atoms with E-state index in [9.17, 15) is 0 Å². The van der Waals surface area contributed by atoms with Crippen LogP contribution in [0.2, 0.25) is 0 Å². The molecule has 0 N–H and O–H groups in total. The molecule has 182 valence electrons. The molecule has 0 fully saturated rings. The Morgan fingerprint density at radius 1 is 0.462 bits per heavy atom. The van der Waals surface area contributed by atoms with Crippen molar-refractivity contribution in [3.05, 3.63) is 140 Å². The van der Waals surface area contributed by atoms with Crippen LogP contribution in [0.25, 0.3) is 65.1 Å². The fourth-order valence-electron chi connectivity index (χ4n) is 5.96.